The standard InChI is InChI=1S/C23H21NO3/c1-2-27-23(26)18-12-10-17(11-13-18)19(14-16-25)20-7-3-4-8-21(20)22-9-5-6-15-24-22/h3-13,15-16,19H,2,14H2,1H3. The lowest BCUT2D eigenvalue weighted by molar-refractivity contribution is -0.108. The van der Waals surface area contributed by atoms with Crippen molar-refractivity contribution >= 4 is 12.3 Å². The van der Waals surface area contributed by atoms with Crippen LogP contribution in [0.4, 0.5) is 0 Å². The van der Waals surface area contributed by atoms with Gasteiger partial charge in [0, 0.05) is 24.1 Å². The zero-order chi connectivity index (χ0) is 19.1. The van der Waals surface area contributed by atoms with E-state index in [0.717, 1.165) is 28.7 Å². The van der Waals surface area contributed by atoms with Gasteiger partial charge in [-0.2, -0.15) is 0 Å². The zero-order valence-electron chi connectivity index (χ0n) is 15.2. The number of rotatable bonds is 7. The number of nitrogens with zero attached hydrogens (tertiary/aromatic N) is 1. The van der Waals surface area contributed by atoms with Crippen LogP contribution in [0.5, 0.6) is 0 Å². The maximum Gasteiger partial charge on any atom is 0.338 e. The van der Waals surface area contributed by atoms with Gasteiger partial charge in [-0.15, -0.1) is 0 Å². The van der Waals surface area contributed by atoms with Gasteiger partial charge in [0.2, 0.25) is 0 Å². The molecule has 0 saturated carbocycles. The number of aldehydes is 1. The third kappa shape index (κ3) is 4.29. The quantitative estimate of drug-likeness (QED) is 0.455. The van der Waals surface area contributed by atoms with E-state index in [9.17, 15) is 9.59 Å². The van der Waals surface area contributed by atoms with Crippen molar-refractivity contribution in [3.63, 3.8) is 0 Å². The van der Waals surface area contributed by atoms with Crippen LogP contribution in [0.1, 0.15) is 40.7 Å². The Labute approximate surface area is 158 Å². The number of carbonyl (C=O) groups is 2. The Morgan fingerprint density at radius 2 is 1.78 bits per heavy atom. The number of esters is 1. The summed E-state index contributed by atoms with van der Waals surface area (Å²) in [6.07, 6.45) is 3.04. The topological polar surface area (TPSA) is 56.3 Å². The van der Waals surface area contributed by atoms with E-state index in [-0.39, 0.29) is 11.9 Å². The van der Waals surface area contributed by atoms with Crippen LogP contribution in [-0.4, -0.2) is 23.8 Å². The first-order valence-corrected chi connectivity index (χ1v) is 8.95. The number of hydrogen-bond acceptors (Lipinski definition) is 4. The molecule has 4 nitrogen and oxygen atoms in total. The van der Waals surface area contributed by atoms with Crippen molar-refractivity contribution < 1.29 is 14.3 Å². The van der Waals surface area contributed by atoms with Crippen LogP contribution >= 0.6 is 0 Å². The molecule has 0 N–H and O–H groups in total. The van der Waals surface area contributed by atoms with E-state index in [0.29, 0.717) is 18.6 Å². The second-order valence-electron chi connectivity index (χ2n) is 6.10. The van der Waals surface area contributed by atoms with Gasteiger partial charge in [0.15, 0.2) is 0 Å². The van der Waals surface area contributed by atoms with E-state index in [1.54, 1.807) is 25.3 Å². The van der Waals surface area contributed by atoms with E-state index in [1.165, 1.54) is 0 Å². The molecule has 1 aromatic heterocycles. The van der Waals surface area contributed by atoms with Gasteiger partial charge >= 0.3 is 5.97 Å². The SMILES string of the molecule is CCOC(=O)c1ccc(C(CC=O)c2ccccc2-c2ccccn2)cc1. The van der Waals surface area contributed by atoms with Crippen molar-refractivity contribution in [1.29, 1.82) is 0 Å². The fraction of sp³-hybridized carbons (Fsp3) is 0.174. The van der Waals surface area contributed by atoms with Crippen molar-refractivity contribution in [2.24, 2.45) is 0 Å². The van der Waals surface area contributed by atoms with Crippen LogP contribution in [0, 0.1) is 0 Å². The molecule has 0 aliphatic carbocycles. The zero-order valence-corrected chi connectivity index (χ0v) is 15.2. The van der Waals surface area contributed by atoms with Crippen molar-refractivity contribution in [3.05, 3.63) is 89.6 Å². The predicted octanol–water partition coefficient (Wildman–Crippen LogP) is 4.65. The molecule has 3 rings (SSSR count). The minimum Gasteiger partial charge on any atom is -0.462 e. The van der Waals surface area contributed by atoms with Gasteiger partial charge in [0.1, 0.15) is 6.29 Å². The normalized spacial score (nSPS) is 11.6. The molecule has 0 spiro atoms. The number of aromatic nitrogens is 1. The monoisotopic (exact) mass is 359 g/mol. The molecule has 136 valence electrons. The van der Waals surface area contributed by atoms with Gasteiger partial charge in [0.05, 0.1) is 17.9 Å². The first-order chi connectivity index (χ1) is 13.2. The molecule has 0 amide bonds. The molecule has 0 fully saturated rings. The summed E-state index contributed by atoms with van der Waals surface area (Å²) in [5, 5.41) is 0. The molecular formula is C23H21NO3. The summed E-state index contributed by atoms with van der Waals surface area (Å²) in [6, 6.07) is 21.0. The lowest BCUT2D eigenvalue weighted by atomic mass is 9.85. The van der Waals surface area contributed by atoms with Gasteiger partial charge in [0.25, 0.3) is 0 Å². The highest BCUT2D eigenvalue weighted by molar-refractivity contribution is 5.89. The largest absolute Gasteiger partial charge is 0.462 e. The number of hydrogen-bond donors (Lipinski definition) is 0. The number of ether oxygens (including phenoxy) is 1. The minimum atomic E-state index is -0.343. The smallest absolute Gasteiger partial charge is 0.338 e. The Hall–Kier alpha value is -3.27. The van der Waals surface area contributed by atoms with Crippen LogP contribution in [0.3, 0.4) is 0 Å². The van der Waals surface area contributed by atoms with E-state index < -0.39 is 0 Å². The van der Waals surface area contributed by atoms with Crippen LogP contribution in [-0.2, 0) is 9.53 Å². The second kappa shape index (κ2) is 8.90. The Balaban J connectivity index is 2.00. The fourth-order valence-electron chi connectivity index (χ4n) is 3.16. The lowest BCUT2D eigenvalue weighted by Gasteiger charge is -2.19. The van der Waals surface area contributed by atoms with Crippen molar-refractivity contribution in [1.82, 2.24) is 4.98 Å². The minimum absolute atomic E-state index is 0.114. The third-order valence-corrected chi connectivity index (χ3v) is 4.43. The van der Waals surface area contributed by atoms with Gasteiger partial charge in [-0.05, 0) is 42.3 Å². The van der Waals surface area contributed by atoms with E-state index >= 15 is 0 Å². The molecule has 27 heavy (non-hydrogen) atoms. The Morgan fingerprint density at radius 3 is 2.44 bits per heavy atom. The molecule has 1 unspecified atom stereocenters. The average Bonchev–Trinajstić information content (AvgIpc) is 2.73. The second-order valence-corrected chi connectivity index (χ2v) is 6.10. The van der Waals surface area contributed by atoms with Gasteiger partial charge in [-0.3, -0.25) is 4.98 Å². The predicted molar refractivity (Wildman–Crippen MR) is 105 cm³/mol. The lowest BCUT2D eigenvalue weighted by Crippen LogP contribution is -2.07. The highest BCUT2D eigenvalue weighted by Crippen LogP contribution is 2.34. The molecule has 4 heteroatoms. The third-order valence-electron chi connectivity index (χ3n) is 4.43. The number of benzene rings is 2. The Morgan fingerprint density at radius 1 is 1.04 bits per heavy atom. The molecule has 0 bridgehead atoms. The molecule has 2 aromatic carbocycles. The van der Waals surface area contributed by atoms with Crippen molar-refractivity contribution in [2.45, 2.75) is 19.3 Å². The van der Waals surface area contributed by atoms with Crippen LogP contribution in [0.2, 0.25) is 0 Å². The van der Waals surface area contributed by atoms with Crippen molar-refractivity contribution in [2.75, 3.05) is 6.61 Å². The summed E-state index contributed by atoms with van der Waals surface area (Å²) in [4.78, 5) is 27.7. The van der Waals surface area contributed by atoms with Gasteiger partial charge < -0.3 is 9.53 Å². The highest BCUT2D eigenvalue weighted by atomic mass is 16.5. The molecule has 0 radical (unpaired) electrons. The van der Waals surface area contributed by atoms with E-state index in [1.807, 2.05) is 54.6 Å². The molecule has 1 heterocycles. The van der Waals surface area contributed by atoms with Crippen molar-refractivity contribution in [3.8, 4) is 11.3 Å². The first kappa shape index (κ1) is 18.5. The van der Waals surface area contributed by atoms with Crippen LogP contribution in [0.15, 0.2) is 72.9 Å². The summed E-state index contributed by atoms with van der Waals surface area (Å²) >= 11 is 0. The van der Waals surface area contributed by atoms with Gasteiger partial charge in [-0.1, -0.05) is 42.5 Å². The van der Waals surface area contributed by atoms with Crippen LogP contribution in [0.25, 0.3) is 11.3 Å². The van der Waals surface area contributed by atoms with E-state index in [4.69, 9.17) is 4.74 Å². The average molecular weight is 359 g/mol. The van der Waals surface area contributed by atoms with E-state index in [2.05, 4.69) is 4.98 Å². The molecular weight excluding hydrogens is 338 g/mol. The highest BCUT2D eigenvalue weighted by Gasteiger charge is 2.19. The summed E-state index contributed by atoms with van der Waals surface area (Å²) < 4.78 is 5.03. The van der Waals surface area contributed by atoms with Gasteiger partial charge in [-0.25, -0.2) is 4.79 Å². The Bertz CT molecular complexity index is 904. The fourth-order valence-corrected chi connectivity index (χ4v) is 3.16. The maximum absolute atomic E-state index is 11.9. The maximum atomic E-state index is 11.9. The Kier molecular flexibility index (Phi) is 6.10. The first-order valence-electron chi connectivity index (χ1n) is 8.95. The molecule has 1 atom stereocenters. The summed E-state index contributed by atoms with van der Waals surface area (Å²) in [5.41, 5.74) is 4.38. The molecule has 3 aromatic rings. The summed E-state index contributed by atoms with van der Waals surface area (Å²) in [5.74, 6) is -0.457. The molecule has 0 aliphatic rings. The molecule has 0 saturated heterocycles. The molecule has 0 aliphatic heterocycles. The summed E-state index contributed by atoms with van der Waals surface area (Å²) in [6.45, 7) is 2.12. The number of pyridine rings is 1. The number of carbonyl (C=O) groups excluding carboxylic acids is 2. The van der Waals surface area contributed by atoms with Crippen LogP contribution < -0.4 is 0 Å². The summed E-state index contributed by atoms with van der Waals surface area (Å²) in [7, 11) is 0.